The van der Waals surface area contributed by atoms with Crippen molar-refractivity contribution in [2.75, 3.05) is 13.1 Å². The molecule has 0 saturated heterocycles. The molecule has 0 radical (unpaired) electrons. The Morgan fingerprint density at radius 3 is 2.59 bits per heavy atom. The van der Waals surface area contributed by atoms with Crippen molar-refractivity contribution in [3.8, 4) is 0 Å². The Labute approximate surface area is 104 Å². The second kappa shape index (κ2) is 7.05. The number of nitrogens with zero attached hydrogens (tertiary/aromatic N) is 1. The number of rotatable bonds is 7. The highest BCUT2D eigenvalue weighted by Gasteiger charge is 2.10. The monoisotopic (exact) mass is 230 g/mol. The zero-order valence-electron chi connectivity index (χ0n) is 10.6. The van der Waals surface area contributed by atoms with Gasteiger partial charge < -0.3 is 5.73 Å². The second-order valence-corrected chi connectivity index (χ2v) is 4.42. The van der Waals surface area contributed by atoms with Gasteiger partial charge in [0.15, 0.2) is 0 Å². The molecule has 0 saturated carbocycles. The first kappa shape index (κ1) is 13.7. The van der Waals surface area contributed by atoms with Crippen molar-refractivity contribution in [2.45, 2.75) is 19.5 Å². The molecular weight excluding hydrogens is 208 g/mol. The van der Waals surface area contributed by atoms with Crippen LogP contribution in [0.4, 0.5) is 0 Å². The van der Waals surface area contributed by atoms with Crippen molar-refractivity contribution in [2.24, 2.45) is 5.73 Å². The van der Waals surface area contributed by atoms with Gasteiger partial charge in [0.05, 0.1) is 0 Å². The third-order valence-electron chi connectivity index (χ3n) is 2.72. The Morgan fingerprint density at radius 2 is 2.06 bits per heavy atom. The molecule has 2 nitrogen and oxygen atoms in total. The first-order chi connectivity index (χ1) is 8.13. The lowest BCUT2D eigenvalue weighted by molar-refractivity contribution is 0.284. The minimum Gasteiger partial charge on any atom is -0.323 e. The molecule has 17 heavy (non-hydrogen) atoms. The van der Waals surface area contributed by atoms with E-state index in [0.717, 1.165) is 25.2 Å². The molecule has 1 aromatic rings. The van der Waals surface area contributed by atoms with Crippen molar-refractivity contribution in [3.63, 3.8) is 0 Å². The van der Waals surface area contributed by atoms with Gasteiger partial charge in [-0.3, -0.25) is 4.90 Å². The van der Waals surface area contributed by atoms with Crippen molar-refractivity contribution in [1.82, 2.24) is 4.90 Å². The summed E-state index contributed by atoms with van der Waals surface area (Å²) in [5, 5.41) is 0. The van der Waals surface area contributed by atoms with E-state index < -0.39 is 0 Å². The van der Waals surface area contributed by atoms with Crippen molar-refractivity contribution in [3.05, 3.63) is 60.7 Å². The quantitative estimate of drug-likeness (QED) is 0.729. The second-order valence-electron chi connectivity index (χ2n) is 4.42. The van der Waals surface area contributed by atoms with E-state index in [1.807, 2.05) is 19.1 Å². The molecule has 0 aliphatic rings. The van der Waals surface area contributed by atoms with Crippen LogP contribution in [0.2, 0.25) is 0 Å². The van der Waals surface area contributed by atoms with Gasteiger partial charge in [0.1, 0.15) is 0 Å². The molecule has 0 spiro atoms. The summed E-state index contributed by atoms with van der Waals surface area (Å²) in [6.07, 6.45) is 1.91. The lowest BCUT2D eigenvalue weighted by atomic mass is 10.1. The normalized spacial score (nSPS) is 12.4. The molecule has 0 aliphatic heterocycles. The molecule has 1 aromatic carbocycles. The number of benzene rings is 1. The molecule has 1 atom stereocenters. The van der Waals surface area contributed by atoms with E-state index in [-0.39, 0.29) is 6.04 Å². The van der Waals surface area contributed by atoms with Crippen molar-refractivity contribution in [1.29, 1.82) is 0 Å². The summed E-state index contributed by atoms with van der Waals surface area (Å²) in [5.41, 5.74) is 8.34. The summed E-state index contributed by atoms with van der Waals surface area (Å²) in [7, 11) is 0. The summed E-state index contributed by atoms with van der Waals surface area (Å²) in [6, 6.07) is 10.4. The summed E-state index contributed by atoms with van der Waals surface area (Å²) in [6.45, 7) is 12.2. The Hall–Kier alpha value is -1.38. The molecule has 0 amide bonds. The zero-order chi connectivity index (χ0) is 12.7. The van der Waals surface area contributed by atoms with Crippen LogP contribution in [0.25, 0.3) is 0 Å². The number of nitrogens with two attached hydrogens (primary N) is 1. The molecule has 92 valence electrons. The average Bonchev–Trinajstić information content (AvgIpc) is 2.30. The van der Waals surface area contributed by atoms with E-state index in [1.54, 1.807) is 0 Å². The zero-order valence-corrected chi connectivity index (χ0v) is 10.6. The van der Waals surface area contributed by atoms with Crippen LogP contribution in [0, 0.1) is 0 Å². The molecule has 0 heterocycles. The predicted molar refractivity (Wildman–Crippen MR) is 74.7 cm³/mol. The largest absolute Gasteiger partial charge is 0.323 e. The Kier molecular flexibility index (Phi) is 5.67. The van der Waals surface area contributed by atoms with Crippen LogP contribution in [0.5, 0.6) is 0 Å². The van der Waals surface area contributed by atoms with Gasteiger partial charge in [-0.2, -0.15) is 0 Å². The fourth-order valence-corrected chi connectivity index (χ4v) is 1.66. The first-order valence-corrected chi connectivity index (χ1v) is 5.91. The molecule has 0 aliphatic carbocycles. The maximum absolute atomic E-state index is 6.03. The molecule has 1 unspecified atom stereocenters. The van der Waals surface area contributed by atoms with E-state index in [2.05, 4.69) is 42.3 Å². The van der Waals surface area contributed by atoms with Gasteiger partial charge in [0, 0.05) is 25.7 Å². The highest BCUT2D eigenvalue weighted by molar-refractivity contribution is 5.15. The van der Waals surface area contributed by atoms with Gasteiger partial charge in [-0.05, 0) is 12.5 Å². The van der Waals surface area contributed by atoms with Gasteiger partial charge in [-0.1, -0.05) is 48.6 Å². The number of hydrogen-bond acceptors (Lipinski definition) is 2. The van der Waals surface area contributed by atoms with Crippen LogP contribution in [-0.2, 0) is 6.54 Å². The van der Waals surface area contributed by atoms with Gasteiger partial charge >= 0.3 is 0 Å². The molecule has 0 aromatic heterocycles. The number of hydrogen-bond donors (Lipinski definition) is 1. The smallest absolute Gasteiger partial charge is 0.0378 e. The fourth-order valence-electron chi connectivity index (χ4n) is 1.66. The van der Waals surface area contributed by atoms with Gasteiger partial charge in [0.25, 0.3) is 0 Å². The average molecular weight is 230 g/mol. The first-order valence-electron chi connectivity index (χ1n) is 5.91. The SMILES string of the molecule is C=CCN(Cc1ccccc1)CC(N)C(=C)C. The predicted octanol–water partition coefficient (Wildman–Crippen LogP) is 2.58. The Morgan fingerprint density at radius 1 is 1.41 bits per heavy atom. The maximum atomic E-state index is 6.03. The lowest BCUT2D eigenvalue weighted by Gasteiger charge is -2.24. The lowest BCUT2D eigenvalue weighted by Crippen LogP contribution is -2.37. The van der Waals surface area contributed by atoms with Crippen LogP contribution in [0.1, 0.15) is 12.5 Å². The van der Waals surface area contributed by atoms with Crippen LogP contribution in [-0.4, -0.2) is 24.0 Å². The van der Waals surface area contributed by atoms with Gasteiger partial charge in [-0.15, -0.1) is 6.58 Å². The van der Waals surface area contributed by atoms with Gasteiger partial charge in [-0.25, -0.2) is 0 Å². The van der Waals surface area contributed by atoms with Crippen molar-refractivity contribution >= 4 is 0 Å². The van der Waals surface area contributed by atoms with E-state index in [9.17, 15) is 0 Å². The van der Waals surface area contributed by atoms with Gasteiger partial charge in [0.2, 0.25) is 0 Å². The standard InChI is InChI=1S/C15H22N2/c1-4-10-17(12-15(16)13(2)3)11-14-8-6-5-7-9-14/h4-9,15H,1-2,10-12,16H2,3H3. The third kappa shape index (κ3) is 4.98. The Balaban J connectivity index is 2.60. The van der Waals surface area contributed by atoms with Crippen LogP contribution < -0.4 is 5.73 Å². The van der Waals surface area contributed by atoms with Crippen molar-refractivity contribution < 1.29 is 0 Å². The van der Waals surface area contributed by atoms with Crippen LogP contribution in [0.15, 0.2) is 55.1 Å². The molecule has 2 N–H and O–H groups in total. The van der Waals surface area contributed by atoms with E-state index in [0.29, 0.717) is 0 Å². The van der Waals surface area contributed by atoms with E-state index >= 15 is 0 Å². The van der Waals surface area contributed by atoms with Crippen LogP contribution >= 0.6 is 0 Å². The summed E-state index contributed by atoms with van der Waals surface area (Å²) < 4.78 is 0. The van der Waals surface area contributed by atoms with E-state index in [4.69, 9.17) is 5.73 Å². The fraction of sp³-hybridized carbons (Fsp3) is 0.333. The molecule has 1 rings (SSSR count). The van der Waals surface area contributed by atoms with Crippen LogP contribution in [0.3, 0.4) is 0 Å². The minimum atomic E-state index is 0.0265. The molecule has 2 heteroatoms. The summed E-state index contributed by atoms with van der Waals surface area (Å²) >= 11 is 0. The molecular formula is C15H22N2. The summed E-state index contributed by atoms with van der Waals surface area (Å²) in [4.78, 5) is 2.28. The third-order valence-corrected chi connectivity index (χ3v) is 2.72. The maximum Gasteiger partial charge on any atom is 0.0378 e. The minimum absolute atomic E-state index is 0.0265. The topological polar surface area (TPSA) is 29.3 Å². The van der Waals surface area contributed by atoms with E-state index in [1.165, 1.54) is 5.56 Å². The highest BCUT2D eigenvalue weighted by atomic mass is 15.1. The molecule has 0 fully saturated rings. The Bertz CT molecular complexity index is 356. The molecule has 0 bridgehead atoms. The summed E-state index contributed by atoms with van der Waals surface area (Å²) in [5.74, 6) is 0. The highest BCUT2D eigenvalue weighted by Crippen LogP contribution is 2.06.